The molecular weight excluding hydrogens is 553 g/mol. The van der Waals surface area contributed by atoms with E-state index in [-0.39, 0.29) is 5.92 Å². The molecule has 0 amide bonds. The Hall–Kier alpha value is -5.72. The average molecular weight is 593 g/mol. The van der Waals surface area contributed by atoms with Crippen molar-refractivity contribution in [2.45, 2.75) is 6.92 Å². The Morgan fingerprint density at radius 2 is 1.15 bits per heavy atom. The van der Waals surface area contributed by atoms with Crippen LogP contribution in [0.25, 0.3) is 63.9 Å². The van der Waals surface area contributed by atoms with Crippen molar-refractivity contribution >= 4 is 41.7 Å². The molecule has 0 aliphatic heterocycles. The van der Waals surface area contributed by atoms with Crippen LogP contribution in [-0.4, -0.2) is 0 Å². The Balaban J connectivity index is 1.69. The molecule has 4 aromatic carbocycles. The lowest BCUT2D eigenvalue weighted by atomic mass is 9.89. The van der Waals surface area contributed by atoms with Gasteiger partial charge in [0.1, 0.15) is 0 Å². The van der Waals surface area contributed by atoms with Gasteiger partial charge in [-0.3, -0.25) is 0 Å². The molecule has 5 rings (SSSR count). The van der Waals surface area contributed by atoms with Gasteiger partial charge in [-0.2, -0.15) is 0 Å². The summed E-state index contributed by atoms with van der Waals surface area (Å²) < 4.78 is 0. The highest BCUT2D eigenvalue weighted by atomic mass is 14.2. The van der Waals surface area contributed by atoms with Crippen LogP contribution in [0, 0.1) is 5.92 Å². The number of hydrogen-bond donors (Lipinski definition) is 0. The average Bonchev–Trinajstić information content (AvgIpc) is 3.25. The summed E-state index contributed by atoms with van der Waals surface area (Å²) in [5.41, 5.74) is 10.2. The third kappa shape index (κ3) is 7.15. The number of hydrogen-bond acceptors (Lipinski definition) is 0. The fraction of sp³-hybridized carbons (Fsp3) is 0.0435. The van der Waals surface area contributed by atoms with Gasteiger partial charge in [0.05, 0.1) is 0 Å². The summed E-state index contributed by atoms with van der Waals surface area (Å²) in [6.45, 7) is 27.5. The van der Waals surface area contributed by atoms with Gasteiger partial charge in [-0.05, 0) is 88.9 Å². The summed E-state index contributed by atoms with van der Waals surface area (Å²) in [6, 6.07) is 31.9. The van der Waals surface area contributed by atoms with Gasteiger partial charge in [0.2, 0.25) is 0 Å². The molecule has 0 saturated carbocycles. The molecular formula is C46H40. The first-order valence-electron chi connectivity index (χ1n) is 15.5. The van der Waals surface area contributed by atoms with Crippen molar-refractivity contribution in [2.75, 3.05) is 0 Å². The van der Waals surface area contributed by atoms with Gasteiger partial charge in [0.15, 0.2) is 0 Å². The molecule has 1 unspecified atom stereocenters. The number of fused-ring (bicyclic) bond motifs is 2. The van der Waals surface area contributed by atoms with Gasteiger partial charge < -0.3 is 0 Å². The summed E-state index contributed by atoms with van der Waals surface area (Å²) in [6.07, 6.45) is 18.4. The highest BCUT2D eigenvalue weighted by Gasteiger charge is 2.14. The zero-order valence-electron chi connectivity index (χ0n) is 26.7. The Bertz CT molecular complexity index is 2140. The van der Waals surface area contributed by atoms with Crippen LogP contribution >= 0.6 is 0 Å². The van der Waals surface area contributed by atoms with Crippen molar-refractivity contribution in [1.82, 2.24) is 0 Å². The Labute approximate surface area is 274 Å². The van der Waals surface area contributed by atoms with Crippen LogP contribution in [0.1, 0.15) is 23.6 Å². The second kappa shape index (κ2) is 14.4. The van der Waals surface area contributed by atoms with Crippen LogP contribution in [-0.2, 0) is 0 Å². The molecule has 0 nitrogen and oxygen atoms in total. The molecule has 0 saturated heterocycles. The van der Waals surface area contributed by atoms with Gasteiger partial charge in [0.25, 0.3) is 0 Å². The first kappa shape index (κ1) is 31.7. The predicted octanol–water partition coefficient (Wildman–Crippen LogP) is 11.2. The van der Waals surface area contributed by atoms with Crippen LogP contribution in [0.2, 0.25) is 0 Å². The summed E-state index contributed by atoms with van der Waals surface area (Å²) in [5, 5.41) is 4.30. The van der Waals surface area contributed by atoms with Crippen LogP contribution in [0.3, 0.4) is 0 Å². The molecule has 0 radical (unpaired) electrons. The largest absolute Gasteiger partial charge is 0.0991 e. The quantitative estimate of drug-likeness (QED) is 0.179. The number of rotatable bonds is 8. The van der Waals surface area contributed by atoms with Crippen molar-refractivity contribution in [3.8, 4) is 22.3 Å². The maximum absolute atomic E-state index is 4.55. The molecule has 0 spiro atoms. The molecule has 1 aliphatic rings. The number of allylic oxidation sites excluding steroid dienone is 10. The maximum atomic E-state index is 4.55. The Morgan fingerprint density at radius 1 is 0.609 bits per heavy atom. The molecule has 1 aliphatic carbocycles. The topological polar surface area (TPSA) is 0 Å². The van der Waals surface area contributed by atoms with E-state index >= 15 is 0 Å². The fourth-order valence-electron chi connectivity index (χ4n) is 5.61. The molecule has 0 bridgehead atoms. The third-order valence-electron chi connectivity index (χ3n) is 8.22. The van der Waals surface area contributed by atoms with Gasteiger partial charge in [-0.1, -0.05) is 186 Å². The highest BCUT2D eigenvalue weighted by Crippen LogP contribution is 2.33. The first-order chi connectivity index (χ1) is 22.3. The lowest BCUT2D eigenvalue weighted by Crippen LogP contribution is -2.08. The van der Waals surface area contributed by atoms with Gasteiger partial charge in [-0.25, -0.2) is 0 Å². The minimum absolute atomic E-state index is 0.278. The Morgan fingerprint density at radius 3 is 1.78 bits per heavy atom. The van der Waals surface area contributed by atoms with Crippen LogP contribution in [0.5, 0.6) is 0 Å². The molecule has 224 valence electrons. The van der Waals surface area contributed by atoms with Crippen molar-refractivity contribution in [2.24, 2.45) is 5.92 Å². The van der Waals surface area contributed by atoms with Gasteiger partial charge in [-0.15, -0.1) is 0 Å². The fourth-order valence-corrected chi connectivity index (χ4v) is 5.61. The molecule has 46 heavy (non-hydrogen) atoms. The molecule has 0 aromatic heterocycles. The van der Waals surface area contributed by atoms with Crippen LogP contribution in [0.4, 0.5) is 0 Å². The van der Waals surface area contributed by atoms with E-state index in [1.165, 1.54) is 10.8 Å². The second-order valence-corrected chi connectivity index (χ2v) is 11.6. The predicted molar refractivity (Wildman–Crippen MR) is 206 cm³/mol. The van der Waals surface area contributed by atoms with Crippen molar-refractivity contribution < 1.29 is 0 Å². The smallest absolute Gasteiger partial charge is 0.00385 e. The van der Waals surface area contributed by atoms with Crippen molar-refractivity contribution in [3.05, 3.63) is 198 Å². The summed E-state index contributed by atoms with van der Waals surface area (Å²) in [4.78, 5) is 0. The standard InChI is InChI=1S/C46H40/c1-8-9-14-33(3)34(4)21-22-35(5)38-23-26-40(27-24-38)45-36(6)15-10-11-16-37(7)46(44-30-20-32(2)19-29-43(44)45)42-28-25-39-17-12-13-18-41(39)31-42/h8-32H,1,3-7H2,2H3/b14-9-,15-10?,16-11?,22-21-,45-43?,46-44?. The van der Waals surface area contributed by atoms with E-state index in [4.69, 9.17) is 0 Å². The molecule has 0 N–H and O–H groups in total. The van der Waals surface area contributed by atoms with E-state index in [0.717, 1.165) is 66.1 Å². The summed E-state index contributed by atoms with van der Waals surface area (Å²) >= 11 is 0. The molecule has 4 aromatic rings. The second-order valence-electron chi connectivity index (χ2n) is 11.6. The van der Waals surface area contributed by atoms with Gasteiger partial charge in [0, 0.05) is 0 Å². The summed E-state index contributed by atoms with van der Waals surface area (Å²) in [7, 11) is 0. The van der Waals surface area contributed by atoms with Gasteiger partial charge >= 0.3 is 0 Å². The molecule has 0 fully saturated rings. The van der Waals surface area contributed by atoms with E-state index < -0.39 is 0 Å². The first-order valence-corrected chi connectivity index (χ1v) is 15.5. The van der Waals surface area contributed by atoms with E-state index in [9.17, 15) is 0 Å². The van der Waals surface area contributed by atoms with E-state index in [0.29, 0.717) is 0 Å². The zero-order valence-corrected chi connectivity index (χ0v) is 26.7. The normalized spacial score (nSPS) is 13.7. The van der Waals surface area contributed by atoms with Crippen molar-refractivity contribution in [1.29, 1.82) is 0 Å². The SMILES string of the molecule is C=C/C=C\C(=C)C(=C)/C=C\C(=C)c1ccc(-c2c3c(c(-c4ccc5ccccc5c4)c(=C)ccccc2=C)C=CC(C)C=C3)cc1. The third-order valence-corrected chi connectivity index (χ3v) is 8.22. The lowest BCUT2D eigenvalue weighted by molar-refractivity contribution is 0.954. The highest BCUT2D eigenvalue weighted by molar-refractivity contribution is 5.92. The Kier molecular flexibility index (Phi) is 9.90. The number of benzene rings is 3. The summed E-state index contributed by atoms with van der Waals surface area (Å²) in [5.74, 6) is 0.278. The molecule has 0 heteroatoms. The van der Waals surface area contributed by atoms with E-state index in [2.05, 4.69) is 150 Å². The van der Waals surface area contributed by atoms with Crippen molar-refractivity contribution in [3.63, 3.8) is 0 Å². The maximum Gasteiger partial charge on any atom is -0.00385 e. The minimum atomic E-state index is 0.278. The molecule has 1 atom stereocenters. The van der Waals surface area contributed by atoms with Crippen LogP contribution < -0.4 is 10.4 Å². The van der Waals surface area contributed by atoms with E-state index in [1.807, 2.05) is 36.4 Å². The zero-order chi connectivity index (χ0) is 32.6. The molecule has 0 heterocycles. The van der Waals surface area contributed by atoms with E-state index in [1.54, 1.807) is 6.08 Å². The lowest BCUT2D eigenvalue weighted by Gasteiger charge is -2.14. The minimum Gasteiger partial charge on any atom is -0.0991 e. The van der Waals surface area contributed by atoms with Crippen LogP contribution in [0.15, 0.2) is 171 Å². The monoisotopic (exact) mass is 592 g/mol.